The third-order valence-electron chi connectivity index (χ3n) is 5.29. The Balaban J connectivity index is 1.57. The monoisotopic (exact) mass is 449 g/mol. The SMILES string of the molecule is COC(=O)c1ccc(CCCN2C(=O)CCC2C=CC(O)C(F)(F)c2ccccc2)s1. The van der Waals surface area contributed by atoms with Gasteiger partial charge in [-0.3, -0.25) is 4.79 Å². The number of hydrogen-bond donors (Lipinski definition) is 1. The molecule has 1 fully saturated rings. The number of aliphatic hydroxyl groups is 1. The number of hydrogen-bond acceptors (Lipinski definition) is 5. The molecule has 2 atom stereocenters. The summed E-state index contributed by atoms with van der Waals surface area (Å²) in [5, 5.41) is 10.1. The van der Waals surface area contributed by atoms with Crippen molar-refractivity contribution in [2.24, 2.45) is 0 Å². The Labute approximate surface area is 183 Å². The maximum absolute atomic E-state index is 14.5. The van der Waals surface area contributed by atoms with Crippen molar-refractivity contribution >= 4 is 23.2 Å². The zero-order valence-corrected chi connectivity index (χ0v) is 18.0. The van der Waals surface area contributed by atoms with Gasteiger partial charge in [-0.25, -0.2) is 4.79 Å². The number of esters is 1. The van der Waals surface area contributed by atoms with Crippen molar-refractivity contribution in [2.75, 3.05) is 13.7 Å². The first-order valence-electron chi connectivity index (χ1n) is 10.1. The Morgan fingerprint density at radius 1 is 1.32 bits per heavy atom. The largest absolute Gasteiger partial charge is 0.465 e. The highest BCUT2D eigenvalue weighted by atomic mass is 32.1. The van der Waals surface area contributed by atoms with E-state index in [1.54, 1.807) is 17.0 Å². The first kappa shape index (κ1) is 23.1. The smallest absolute Gasteiger partial charge is 0.348 e. The summed E-state index contributed by atoms with van der Waals surface area (Å²) in [6, 6.07) is 10.4. The lowest BCUT2D eigenvalue weighted by Gasteiger charge is -2.24. The van der Waals surface area contributed by atoms with E-state index in [-0.39, 0.29) is 23.5 Å². The van der Waals surface area contributed by atoms with Crippen LogP contribution >= 0.6 is 11.3 Å². The molecule has 31 heavy (non-hydrogen) atoms. The minimum absolute atomic E-state index is 0.0274. The summed E-state index contributed by atoms with van der Waals surface area (Å²) in [5.74, 6) is -3.82. The molecule has 1 aromatic carbocycles. The van der Waals surface area contributed by atoms with Gasteiger partial charge in [0.25, 0.3) is 0 Å². The molecule has 5 nitrogen and oxygen atoms in total. The van der Waals surface area contributed by atoms with E-state index >= 15 is 0 Å². The van der Waals surface area contributed by atoms with E-state index in [0.29, 0.717) is 37.1 Å². The molecular formula is C23H25F2NO4S. The number of alkyl halides is 2. The number of thiophene rings is 1. The second-order valence-electron chi connectivity index (χ2n) is 7.37. The van der Waals surface area contributed by atoms with Crippen molar-refractivity contribution in [1.82, 2.24) is 4.90 Å². The van der Waals surface area contributed by atoms with E-state index in [9.17, 15) is 23.5 Å². The number of aryl methyl sites for hydroxylation is 1. The average Bonchev–Trinajstić information content (AvgIpc) is 3.39. The van der Waals surface area contributed by atoms with Crippen molar-refractivity contribution in [3.05, 3.63) is 69.9 Å². The minimum Gasteiger partial charge on any atom is -0.465 e. The molecule has 1 saturated heterocycles. The molecule has 0 saturated carbocycles. The van der Waals surface area contributed by atoms with Gasteiger partial charge in [0.2, 0.25) is 5.91 Å². The molecule has 1 N–H and O–H groups in total. The van der Waals surface area contributed by atoms with E-state index in [0.717, 1.165) is 11.0 Å². The number of carbonyl (C=O) groups excluding carboxylic acids is 2. The van der Waals surface area contributed by atoms with Gasteiger partial charge in [0.15, 0.2) is 0 Å². The molecule has 3 rings (SSSR count). The lowest BCUT2D eigenvalue weighted by molar-refractivity contribution is -0.128. The van der Waals surface area contributed by atoms with Crippen LogP contribution in [0.5, 0.6) is 0 Å². The molecule has 2 heterocycles. The molecule has 8 heteroatoms. The number of benzene rings is 1. The third-order valence-corrected chi connectivity index (χ3v) is 6.42. The van der Waals surface area contributed by atoms with Crippen LogP contribution in [-0.4, -0.2) is 47.7 Å². The first-order valence-corrected chi connectivity index (χ1v) is 10.9. The maximum atomic E-state index is 14.5. The van der Waals surface area contributed by atoms with Crippen LogP contribution in [0, 0.1) is 0 Å². The number of nitrogens with zero attached hydrogens (tertiary/aromatic N) is 1. The number of methoxy groups -OCH3 is 1. The highest BCUT2D eigenvalue weighted by Crippen LogP contribution is 2.33. The fraction of sp³-hybridized carbons (Fsp3) is 0.391. The number of aliphatic hydroxyl groups excluding tert-OH is 1. The predicted octanol–water partition coefficient (Wildman–Crippen LogP) is 4.17. The number of likely N-dealkylation sites (tertiary alicyclic amines) is 1. The first-order chi connectivity index (χ1) is 14.8. The highest BCUT2D eigenvalue weighted by Gasteiger charge is 2.39. The van der Waals surface area contributed by atoms with Crippen LogP contribution in [0.4, 0.5) is 8.78 Å². The van der Waals surface area contributed by atoms with Crippen molar-refractivity contribution < 1.29 is 28.2 Å². The summed E-state index contributed by atoms with van der Waals surface area (Å²) >= 11 is 1.36. The zero-order valence-electron chi connectivity index (χ0n) is 17.2. The number of halogens is 2. The number of carbonyl (C=O) groups is 2. The van der Waals surface area contributed by atoms with Crippen molar-refractivity contribution in [3.8, 4) is 0 Å². The van der Waals surface area contributed by atoms with Gasteiger partial charge in [0, 0.05) is 23.4 Å². The van der Waals surface area contributed by atoms with Crippen LogP contribution in [-0.2, 0) is 21.9 Å². The van der Waals surface area contributed by atoms with E-state index in [1.807, 2.05) is 6.07 Å². The summed E-state index contributed by atoms with van der Waals surface area (Å²) in [6.45, 7) is 0.477. The molecule has 2 aromatic rings. The van der Waals surface area contributed by atoms with Crippen LogP contribution < -0.4 is 0 Å². The van der Waals surface area contributed by atoms with Crippen LogP contribution in [0.1, 0.15) is 39.4 Å². The molecule has 1 aromatic heterocycles. The Bertz CT molecular complexity index is 929. The Kier molecular flexibility index (Phi) is 7.56. The van der Waals surface area contributed by atoms with Gasteiger partial charge in [-0.05, 0) is 31.4 Å². The summed E-state index contributed by atoms with van der Waals surface area (Å²) in [5.41, 5.74) is -0.256. The molecule has 1 aliphatic rings. The molecule has 1 aliphatic heterocycles. The van der Waals surface area contributed by atoms with Crippen LogP contribution in [0.2, 0.25) is 0 Å². The molecule has 0 radical (unpaired) electrons. The van der Waals surface area contributed by atoms with Gasteiger partial charge >= 0.3 is 11.9 Å². The van der Waals surface area contributed by atoms with Gasteiger partial charge in [-0.15, -0.1) is 11.3 Å². The molecule has 166 valence electrons. The molecule has 2 unspecified atom stereocenters. The minimum atomic E-state index is -3.41. The van der Waals surface area contributed by atoms with Crippen LogP contribution in [0.3, 0.4) is 0 Å². The van der Waals surface area contributed by atoms with E-state index in [4.69, 9.17) is 4.74 Å². The lowest BCUT2D eigenvalue weighted by atomic mass is 10.0. The Morgan fingerprint density at radius 3 is 2.77 bits per heavy atom. The van der Waals surface area contributed by atoms with E-state index in [1.165, 1.54) is 48.8 Å². The summed E-state index contributed by atoms with van der Waals surface area (Å²) in [7, 11) is 1.33. The Hall–Kier alpha value is -2.58. The molecular weight excluding hydrogens is 424 g/mol. The maximum Gasteiger partial charge on any atom is 0.348 e. The van der Waals surface area contributed by atoms with Gasteiger partial charge in [-0.2, -0.15) is 8.78 Å². The van der Waals surface area contributed by atoms with E-state index in [2.05, 4.69) is 0 Å². The van der Waals surface area contributed by atoms with Gasteiger partial charge in [0.05, 0.1) is 13.2 Å². The van der Waals surface area contributed by atoms with Crippen LogP contribution in [0.15, 0.2) is 54.6 Å². The fourth-order valence-electron chi connectivity index (χ4n) is 3.58. The predicted molar refractivity (Wildman–Crippen MR) is 114 cm³/mol. The second-order valence-corrected chi connectivity index (χ2v) is 8.54. The third kappa shape index (κ3) is 5.57. The van der Waals surface area contributed by atoms with Crippen molar-refractivity contribution in [2.45, 2.75) is 43.8 Å². The molecule has 0 aliphatic carbocycles. The van der Waals surface area contributed by atoms with Crippen molar-refractivity contribution in [3.63, 3.8) is 0 Å². The van der Waals surface area contributed by atoms with Gasteiger partial charge < -0.3 is 14.7 Å². The summed E-state index contributed by atoms with van der Waals surface area (Å²) < 4.78 is 33.6. The standard InChI is InChI=1S/C23H25F2NO4S/c1-30-22(29)19-12-11-18(31-19)8-5-15-26-17(10-14-21(26)28)9-13-20(27)23(24,25)16-6-3-2-4-7-16/h2-4,6-7,9,11-13,17,20,27H,5,8,10,14-15H2,1H3. The van der Waals surface area contributed by atoms with Crippen LogP contribution in [0.25, 0.3) is 0 Å². The Morgan fingerprint density at radius 2 is 2.06 bits per heavy atom. The highest BCUT2D eigenvalue weighted by molar-refractivity contribution is 7.13. The summed E-state index contributed by atoms with van der Waals surface area (Å²) in [4.78, 5) is 27.0. The van der Waals surface area contributed by atoms with E-state index < -0.39 is 12.0 Å². The quantitative estimate of drug-likeness (QED) is 0.461. The fourth-order valence-corrected chi connectivity index (χ4v) is 4.55. The van der Waals surface area contributed by atoms with Gasteiger partial charge in [0.1, 0.15) is 11.0 Å². The lowest BCUT2D eigenvalue weighted by Crippen LogP contribution is -2.34. The average molecular weight is 450 g/mol. The zero-order chi connectivity index (χ0) is 22.4. The number of amides is 1. The topological polar surface area (TPSA) is 66.8 Å². The molecule has 1 amide bonds. The normalized spacial score (nSPS) is 18.0. The number of ether oxygens (including phenoxy) is 1. The number of rotatable bonds is 9. The summed E-state index contributed by atoms with van der Waals surface area (Å²) in [6.07, 6.45) is 2.88. The van der Waals surface area contributed by atoms with Gasteiger partial charge in [-0.1, -0.05) is 42.5 Å². The molecule has 0 spiro atoms. The van der Waals surface area contributed by atoms with Crippen molar-refractivity contribution in [1.29, 1.82) is 0 Å². The molecule has 0 bridgehead atoms. The second kappa shape index (κ2) is 10.2.